The maximum Gasteiger partial charge on any atom is 0.128 e. The molecule has 0 bridgehead atoms. The van der Waals surface area contributed by atoms with Gasteiger partial charge in [0.05, 0.1) is 0 Å². The van der Waals surface area contributed by atoms with Crippen molar-refractivity contribution < 1.29 is 0 Å². The predicted octanol–water partition coefficient (Wildman–Crippen LogP) is 3.93. The Morgan fingerprint density at radius 2 is 2.35 bits per heavy atom. The van der Waals surface area contributed by atoms with E-state index in [0.29, 0.717) is 0 Å². The molecule has 2 aromatic heterocycles. The number of fused-ring (bicyclic) bond motifs is 3. The fourth-order valence-electron chi connectivity index (χ4n) is 2.49. The van der Waals surface area contributed by atoms with Crippen molar-refractivity contribution >= 4 is 33.3 Å². The Bertz CT molecular complexity index is 548. The molecule has 0 saturated heterocycles. The van der Waals surface area contributed by atoms with Crippen LogP contribution >= 0.6 is 23.1 Å². The first kappa shape index (κ1) is 11.5. The molecule has 2 aromatic rings. The first-order chi connectivity index (χ1) is 8.29. The van der Waals surface area contributed by atoms with Gasteiger partial charge in [-0.2, -0.15) is 0 Å². The highest BCUT2D eigenvalue weighted by Gasteiger charge is 2.22. The zero-order valence-corrected chi connectivity index (χ0v) is 11.8. The molecule has 90 valence electrons. The maximum atomic E-state index is 4.45. The highest BCUT2D eigenvalue weighted by atomic mass is 32.2. The van der Waals surface area contributed by atoms with E-state index < -0.39 is 0 Å². The van der Waals surface area contributed by atoms with E-state index in [2.05, 4.69) is 23.8 Å². The quantitative estimate of drug-likeness (QED) is 0.607. The van der Waals surface area contributed by atoms with Crippen molar-refractivity contribution in [1.29, 1.82) is 0 Å². The summed E-state index contributed by atoms with van der Waals surface area (Å²) in [5, 5.41) is 2.54. The van der Waals surface area contributed by atoms with Gasteiger partial charge in [-0.05, 0) is 36.5 Å². The zero-order chi connectivity index (χ0) is 11.8. The van der Waals surface area contributed by atoms with Crippen LogP contribution in [0.2, 0.25) is 0 Å². The monoisotopic (exact) mass is 264 g/mol. The molecule has 3 rings (SSSR count). The standard InChI is InChI=1S/C13H16N2S2/c1-3-16-12-11-9-5-4-8(2)6-10(9)17-13(11)15-7-14-12/h7-8H,3-6H2,1-2H3. The molecular formula is C13H16N2S2. The van der Waals surface area contributed by atoms with Crippen LogP contribution in [-0.4, -0.2) is 15.7 Å². The summed E-state index contributed by atoms with van der Waals surface area (Å²) < 4.78 is 0. The lowest BCUT2D eigenvalue weighted by molar-refractivity contribution is 0.509. The molecule has 0 amide bonds. The van der Waals surface area contributed by atoms with Gasteiger partial charge in [-0.1, -0.05) is 13.8 Å². The van der Waals surface area contributed by atoms with Gasteiger partial charge in [0.25, 0.3) is 0 Å². The number of thioether (sulfide) groups is 1. The van der Waals surface area contributed by atoms with Gasteiger partial charge in [-0.3, -0.25) is 0 Å². The molecular weight excluding hydrogens is 248 g/mol. The topological polar surface area (TPSA) is 25.8 Å². The molecule has 0 spiro atoms. The Morgan fingerprint density at radius 3 is 3.18 bits per heavy atom. The Hall–Kier alpha value is -0.610. The molecule has 0 fully saturated rings. The highest BCUT2D eigenvalue weighted by Crippen LogP contribution is 2.40. The van der Waals surface area contributed by atoms with Gasteiger partial charge in [0.2, 0.25) is 0 Å². The third kappa shape index (κ3) is 1.97. The lowest BCUT2D eigenvalue weighted by atomic mass is 9.89. The van der Waals surface area contributed by atoms with Crippen molar-refractivity contribution in [1.82, 2.24) is 9.97 Å². The van der Waals surface area contributed by atoms with E-state index >= 15 is 0 Å². The van der Waals surface area contributed by atoms with Crippen LogP contribution in [-0.2, 0) is 12.8 Å². The van der Waals surface area contributed by atoms with Crippen LogP contribution in [0.1, 0.15) is 30.7 Å². The van der Waals surface area contributed by atoms with Crippen molar-refractivity contribution in [2.24, 2.45) is 5.92 Å². The van der Waals surface area contributed by atoms with E-state index in [9.17, 15) is 0 Å². The molecule has 1 atom stereocenters. The minimum absolute atomic E-state index is 0.825. The van der Waals surface area contributed by atoms with Gasteiger partial charge < -0.3 is 0 Å². The Labute approximate surface area is 110 Å². The molecule has 1 unspecified atom stereocenters. The van der Waals surface area contributed by atoms with Crippen LogP contribution in [0.15, 0.2) is 11.4 Å². The number of aromatic nitrogens is 2. The first-order valence-corrected chi connectivity index (χ1v) is 7.97. The van der Waals surface area contributed by atoms with E-state index in [1.165, 1.54) is 34.5 Å². The van der Waals surface area contributed by atoms with Crippen LogP contribution in [0.25, 0.3) is 10.2 Å². The first-order valence-electron chi connectivity index (χ1n) is 6.17. The van der Waals surface area contributed by atoms with Crippen LogP contribution in [0.3, 0.4) is 0 Å². The number of rotatable bonds is 2. The van der Waals surface area contributed by atoms with E-state index in [1.807, 2.05) is 23.1 Å². The summed E-state index contributed by atoms with van der Waals surface area (Å²) in [6.07, 6.45) is 5.46. The van der Waals surface area contributed by atoms with Crippen molar-refractivity contribution in [2.75, 3.05) is 5.75 Å². The molecule has 1 aliphatic carbocycles. The van der Waals surface area contributed by atoms with E-state index in [4.69, 9.17) is 0 Å². The number of hydrogen-bond donors (Lipinski definition) is 0. The normalized spacial score (nSPS) is 19.5. The third-order valence-corrected chi connectivity index (χ3v) is 5.37. The van der Waals surface area contributed by atoms with Crippen LogP contribution in [0, 0.1) is 5.92 Å². The molecule has 2 nitrogen and oxygen atoms in total. The number of thiophene rings is 1. The lowest BCUT2D eigenvalue weighted by Crippen LogP contribution is -2.08. The largest absolute Gasteiger partial charge is 0.229 e. The van der Waals surface area contributed by atoms with Crippen molar-refractivity contribution in [3.8, 4) is 0 Å². The second-order valence-corrected chi connectivity index (χ2v) is 6.98. The average molecular weight is 264 g/mol. The van der Waals surface area contributed by atoms with Crippen molar-refractivity contribution in [2.45, 2.75) is 38.1 Å². The molecule has 0 N–H and O–H groups in total. The third-order valence-electron chi connectivity index (χ3n) is 3.34. The molecule has 4 heteroatoms. The SMILES string of the molecule is CCSc1ncnc2sc3c(c12)CCC(C)C3. The molecule has 0 saturated carbocycles. The van der Waals surface area contributed by atoms with Gasteiger partial charge in [-0.25, -0.2) is 9.97 Å². The van der Waals surface area contributed by atoms with Crippen LogP contribution in [0.4, 0.5) is 0 Å². The highest BCUT2D eigenvalue weighted by molar-refractivity contribution is 7.99. The molecule has 1 aliphatic rings. The Kier molecular flexibility index (Phi) is 3.09. The fourth-order valence-corrected chi connectivity index (χ4v) is 4.67. The number of nitrogens with zero attached hydrogens (tertiary/aromatic N) is 2. The minimum atomic E-state index is 0.825. The predicted molar refractivity (Wildman–Crippen MR) is 75.0 cm³/mol. The molecule has 2 heterocycles. The lowest BCUT2D eigenvalue weighted by Gasteiger charge is -2.18. The second kappa shape index (κ2) is 4.58. The van der Waals surface area contributed by atoms with E-state index in [1.54, 1.807) is 16.8 Å². The summed E-state index contributed by atoms with van der Waals surface area (Å²) in [5.41, 5.74) is 1.54. The Morgan fingerprint density at radius 1 is 1.47 bits per heavy atom. The maximum absolute atomic E-state index is 4.45. The zero-order valence-electron chi connectivity index (χ0n) is 10.2. The summed E-state index contributed by atoms with van der Waals surface area (Å²) in [4.78, 5) is 11.6. The summed E-state index contributed by atoms with van der Waals surface area (Å²) in [7, 11) is 0. The van der Waals surface area contributed by atoms with Gasteiger partial charge in [0, 0.05) is 10.3 Å². The minimum Gasteiger partial charge on any atom is -0.229 e. The Balaban J connectivity index is 2.18. The van der Waals surface area contributed by atoms with Gasteiger partial charge in [0.1, 0.15) is 16.2 Å². The smallest absolute Gasteiger partial charge is 0.128 e. The van der Waals surface area contributed by atoms with E-state index in [-0.39, 0.29) is 0 Å². The average Bonchev–Trinajstić information content (AvgIpc) is 2.67. The fraction of sp³-hybridized carbons (Fsp3) is 0.538. The van der Waals surface area contributed by atoms with Gasteiger partial charge >= 0.3 is 0 Å². The van der Waals surface area contributed by atoms with E-state index in [0.717, 1.165) is 11.7 Å². The van der Waals surface area contributed by atoms with Gasteiger partial charge in [-0.15, -0.1) is 23.1 Å². The summed E-state index contributed by atoms with van der Waals surface area (Å²) in [5.74, 6) is 1.90. The molecule has 0 aliphatic heterocycles. The second-order valence-electron chi connectivity index (χ2n) is 4.64. The van der Waals surface area contributed by atoms with Crippen molar-refractivity contribution in [3.63, 3.8) is 0 Å². The number of aryl methyl sites for hydroxylation is 1. The van der Waals surface area contributed by atoms with Crippen LogP contribution in [0.5, 0.6) is 0 Å². The number of hydrogen-bond acceptors (Lipinski definition) is 4. The summed E-state index contributed by atoms with van der Waals surface area (Å²) >= 11 is 3.72. The summed E-state index contributed by atoms with van der Waals surface area (Å²) in [6.45, 7) is 4.53. The molecule has 17 heavy (non-hydrogen) atoms. The van der Waals surface area contributed by atoms with Crippen LogP contribution < -0.4 is 0 Å². The van der Waals surface area contributed by atoms with Crippen molar-refractivity contribution in [3.05, 3.63) is 16.8 Å². The molecule has 0 radical (unpaired) electrons. The molecule has 0 aromatic carbocycles. The summed E-state index contributed by atoms with van der Waals surface area (Å²) in [6, 6.07) is 0. The van der Waals surface area contributed by atoms with Gasteiger partial charge in [0.15, 0.2) is 0 Å².